The summed E-state index contributed by atoms with van der Waals surface area (Å²) in [7, 11) is 0. The van der Waals surface area contributed by atoms with E-state index in [0.717, 1.165) is 5.56 Å². The van der Waals surface area contributed by atoms with Gasteiger partial charge in [-0.2, -0.15) is 0 Å². The van der Waals surface area contributed by atoms with Crippen LogP contribution in [-0.2, 0) is 0 Å². The van der Waals surface area contributed by atoms with Crippen molar-refractivity contribution in [3.63, 3.8) is 0 Å². The molecule has 0 saturated heterocycles. The fourth-order valence-corrected chi connectivity index (χ4v) is 2.89. The quantitative estimate of drug-likeness (QED) is 0.801. The van der Waals surface area contributed by atoms with E-state index in [2.05, 4.69) is 37.2 Å². The minimum atomic E-state index is -0.356. The molecule has 0 aliphatic rings. The lowest BCUT2D eigenvalue weighted by molar-refractivity contribution is 0.102. The zero-order chi connectivity index (χ0) is 14.0. The van der Waals surface area contributed by atoms with Gasteiger partial charge in [0.05, 0.1) is 10.0 Å². The maximum absolute atomic E-state index is 12.1. The Hall–Kier alpha value is -1.33. The minimum Gasteiger partial charge on any atom is -0.506 e. The molecule has 2 aromatic rings. The first kappa shape index (κ1) is 14.1. The highest BCUT2D eigenvalue weighted by Gasteiger charge is 2.15. The van der Waals surface area contributed by atoms with Crippen molar-refractivity contribution in [3.8, 4) is 5.75 Å². The summed E-state index contributed by atoms with van der Waals surface area (Å²) in [6.45, 7) is 1.95. The highest BCUT2D eigenvalue weighted by molar-refractivity contribution is 9.11. The monoisotopic (exact) mass is 383 g/mol. The van der Waals surface area contributed by atoms with E-state index in [4.69, 9.17) is 0 Å². The topological polar surface area (TPSA) is 49.3 Å². The van der Waals surface area contributed by atoms with Gasteiger partial charge in [-0.15, -0.1) is 0 Å². The van der Waals surface area contributed by atoms with Crippen LogP contribution in [-0.4, -0.2) is 11.0 Å². The molecule has 0 heterocycles. The number of anilines is 1. The predicted molar refractivity (Wildman–Crippen MR) is 82.6 cm³/mol. The maximum Gasteiger partial charge on any atom is 0.259 e. The molecule has 2 aromatic carbocycles. The first-order valence-corrected chi connectivity index (χ1v) is 7.12. The third-order valence-electron chi connectivity index (χ3n) is 2.55. The summed E-state index contributed by atoms with van der Waals surface area (Å²) in [5.41, 5.74) is 1.96. The smallest absolute Gasteiger partial charge is 0.259 e. The van der Waals surface area contributed by atoms with Crippen LogP contribution in [0.3, 0.4) is 0 Å². The average Bonchev–Trinajstić information content (AvgIpc) is 2.33. The van der Waals surface area contributed by atoms with E-state index >= 15 is 0 Å². The van der Waals surface area contributed by atoms with Gasteiger partial charge in [0, 0.05) is 10.2 Å². The van der Waals surface area contributed by atoms with Crippen LogP contribution in [0.5, 0.6) is 5.75 Å². The molecule has 0 aromatic heterocycles. The number of phenolic OH excluding ortho intramolecular Hbond substituents is 1. The lowest BCUT2D eigenvalue weighted by Gasteiger charge is -2.09. The largest absolute Gasteiger partial charge is 0.506 e. The van der Waals surface area contributed by atoms with Crippen molar-refractivity contribution in [2.45, 2.75) is 6.92 Å². The number of halogens is 2. The van der Waals surface area contributed by atoms with Gasteiger partial charge in [0.2, 0.25) is 0 Å². The molecule has 0 radical (unpaired) electrons. The Balaban J connectivity index is 2.30. The van der Waals surface area contributed by atoms with Crippen molar-refractivity contribution in [2.75, 3.05) is 5.32 Å². The number of hydrogen-bond acceptors (Lipinski definition) is 2. The third-order valence-corrected chi connectivity index (χ3v) is 3.61. The van der Waals surface area contributed by atoms with Gasteiger partial charge < -0.3 is 10.4 Å². The molecule has 0 aliphatic heterocycles. The van der Waals surface area contributed by atoms with Gasteiger partial charge in [-0.1, -0.05) is 28.1 Å². The van der Waals surface area contributed by atoms with Gasteiger partial charge >= 0.3 is 0 Å². The molecule has 0 atom stereocenters. The molecule has 0 fully saturated rings. The first-order chi connectivity index (χ1) is 8.97. The molecule has 3 nitrogen and oxygen atoms in total. The molecule has 5 heteroatoms. The van der Waals surface area contributed by atoms with E-state index < -0.39 is 0 Å². The molecule has 0 aliphatic carbocycles. The minimum absolute atomic E-state index is 0.0756. The summed E-state index contributed by atoms with van der Waals surface area (Å²) in [6.07, 6.45) is 0. The second kappa shape index (κ2) is 5.75. The molecule has 0 bridgehead atoms. The Morgan fingerprint density at radius 3 is 2.63 bits per heavy atom. The number of nitrogens with one attached hydrogen (secondary N) is 1. The summed E-state index contributed by atoms with van der Waals surface area (Å²) in [4.78, 5) is 12.1. The van der Waals surface area contributed by atoms with Crippen molar-refractivity contribution >= 4 is 43.5 Å². The second-order valence-corrected chi connectivity index (χ2v) is 5.88. The number of benzene rings is 2. The summed E-state index contributed by atoms with van der Waals surface area (Å²) in [6, 6.07) is 10.7. The number of amides is 1. The van der Waals surface area contributed by atoms with Crippen LogP contribution in [0, 0.1) is 6.92 Å². The maximum atomic E-state index is 12.1. The zero-order valence-corrected chi connectivity index (χ0v) is 13.2. The third kappa shape index (κ3) is 3.36. The number of aromatic hydroxyl groups is 1. The van der Waals surface area contributed by atoms with Crippen LogP contribution in [0.1, 0.15) is 15.9 Å². The van der Waals surface area contributed by atoms with Gasteiger partial charge in [-0.25, -0.2) is 0 Å². The number of hydrogen-bond donors (Lipinski definition) is 2. The lowest BCUT2D eigenvalue weighted by atomic mass is 10.1. The van der Waals surface area contributed by atoms with Gasteiger partial charge in [0.25, 0.3) is 5.91 Å². The SMILES string of the molecule is Cc1cccc(NC(=O)c2cc(Br)cc(Br)c2O)c1. The van der Waals surface area contributed by atoms with Crippen LogP contribution in [0.25, 0.3) is 0 Å². The van der Waals surface area contributed by atoms with Gasteiger partial charge in [-0.05, 0) is 52.7 Å². The van der Waals surface area contributed by atoms with Crippen molar-refractivity contribution in [1.29, 1.82) is 0 Å². The van der Waals surface area contributed by atoms with Gasteiger partial charge in [-0.3, -0.25) is 4.79 Å². The lowest BCUT2D eigenvalue weighted by Crippen LogP contribution is -2.12. The van der Waals surface area contributed by atoms with Gasteiger partial charge in [0.15, 0.2) is 0 Å². The number of rotatable bonds is 2. The summed E-state index contributed by atoms with van der Waals surface area (Å²) < 4.78 is 1.18. The summed E-state index contributed by atoms with van der Waals surface area (Å²) in [5, 5.41) is 12.7. The Labute approximate surface area is 127 Å². The summed E-state index contributed by atoms with van der Waals surface area (Å²) in [5.74, 6) is -0.432. The predicted octanol–water partition coefficient (Wildman–Crippen LogP) is 4.48. The molecule has 19 heavy (non-hydrogen) atoms. The van der Waals surface area contributed by atoms with E-state index in [0.29, 0.717) is 14.6 Å². The van der Waals surface area contributed by atoms with Crippen LogP contribution in [0.15, 0.2) is 45.3 Å². The first-order valence-electron chi connectivity index (χ1n) is 5.53. The number of aryl methyl sites for hydroxylation is 1. The molecule has 0 saturated carbocycles. The Bertz CT molecular complexity index is 641. The number of carbonyl (C=O) groups excluding carboxylic acids is 1. The van der Waals surface area contributed by atoms with Crippen molar-refractivity contribution < 1.29 is 9.90 Å². The molecule has 0 spiro atoms. The zero-order valence-electron chi connectivity index (χ0n) is 10.1. The Morgan fingerprint density at radius 1 is 1.21 bits per heavy atom. The normalized spacial score (nSPS) is 10.3. The molecular weight excluding hydrogens is 374 g/mol. The van der Waals surface area contributed by atoms with E-state index in [-0.39, 0.29) is 17.2 Å². The highest BCUT2D eigenvalue weighted by atomic mass is 79.9. The molecular formula is C14H11Br2NO2. The standard InChI is InChI=1S/C14H11Br2NO2/c1-8-3-2-4-10(5-8)17-14(19)11-6-9(15)7-12(16)13(11)18/h2-7,18H,1H3,(H,17,19). The van der Waals surface area contributed by atoms with Crippen molar-refractivity contribution in [3.05, 3.63) is 56.5 Å². The van der Waals surface area contributed by atoms with Crippen molar-refractivity contribution in [1.82, 2.24) is 0 Å². The van der Waals surface area contributed by atoms with Gasteiger partial charge in [0.1, 0.15) is 5.75 Å². The van der Waals surface area contributed by atoms with Crippen LogP contribution in [0.4, 0.5) is 5.69 Å². The average molecular weight is 385 g/mol. The molecule has 2 N–H and O–H groups in total. The van der Waals surface area contributed by atoms with E-state index in [1.54, 1.807) is 18.2 Å². The fourth-order valence-electron chi connectivity index (χ4n) is 1.66. The second-order valence-electron chi connectivity index (χ2n) is 4.11. The Morgan fingerprint density at radius 2 is 1.95 bits per heavy atom. The Kier molecular flexibility index (Phi) is 4.27. The molecule has 0 unspecified atom stereocenters. The van der Waals surface area contributed by atoms with E-state index in [9.17, 15) is 9.90 Å². The van der Waals surface area contributed by atoms with E-state index in [1.165, 1.54) is 0 Å². The van der Waals surface area contributed by atoms with Crippen LogP contribution >= 0.6 is 31.9 Å². The van der Waals surface area contributed by atoms with Crippen LogP contribution in [0.2, 0.25) is 0 Å². The summed E-state index contributed by atoms with van der Waals surface area (Å²) >= 11 is 6.49. The fraction of sp³-hybridized carbons (Fsp3) is 0.0714. The molecule has 98 valence electrons. The van der Waals surface area contributed by atoms with Crippen LogP contribution < -0.4 is 5.32 Å². The highest BCUT2D eigenvalue weighted by Crippen LogP contribution is 2.32. The molecule has 2 rings (SSSR count). The van der Waals surface area contributed by atoms with Crippen molar-refractivity contribution in [2.24, 2.45) is 0 Å². The number of phenols is 1. The van der Waals surface area contributed by atoms with E-state index in [1.807, 2.05) is 25.1 Å². The number of carbonyl (C=O) groups is 1. The molecule has 1 amide bonds.